The second-order valence-electron chi connectivity index (χ2n) is 6.83. The van der Waals surface area contributed by atoms with Crippen LogP contribution in [0.15, 0.2) is 82.5 Å². The largest absolute Gasteiger partial charge is 0.461 e. The monoisotopic (exact) mass is 484 g/mol. The summed E-state index contributed by atoms with van der Waals surface area (Å²) in [6.07, 6.45) is 0. The van der Waals surface area contributed by atoms with Crippen molar-refractivity contribution in [3.8, 4) is 11.4 Å². The van der Waals surface area contributed by atoms with E-state index in [1.165, 1.54) is 18.2 Å². The Balaban J connectivity index is 1.82. The van der Waals surface area contributed by atoms with E-state index in [0.29, 0.717) is 5.39 Å². The molecule has 1 aromatic heterocycles. The first-order valence-corrected chi connectivity index (χ1v) is 11.6. The van der Waals surface area contributed by atoms with Gasteiger partial charge in [0.15, 0.2) is 5.75 Å². The zero-order valence-corrected chi connectivity index (χ0v) is 18.8. The molecular weight excluding hydrogens is 468 g/mol. The SMILES string of the molecule is CCOC(=O)c1nn(-c2ccccc2Cl)c(=O)cc1OS(=O)(=O)c1ccc2ccccc2c1. The van der Waals surface area contributed by atoms with Crippen LogP contribution in [0.3, 0.4) is 0 Å². The minimum atomic E-state index is -4.40. The van der Waals surface area contributed by atoms with E-state index in [0.717, 1.165) is 16.1 Å². The van der Waals surface area contributed by atoms with Crippen LogP contribution in [0.25, 0.3) is 16.5 Å². The van der Waals surface area contributed by atoms with E-state index in [4.69, 9.17) is 20.5 Å². The Bertz CT molecular complexity index is 1530. The zero-order valence-electron chi connectivity index (χ0n) is 17.3. The lowest BCUT2D eigenvalue weighted by Crippen LogP contribution is -2.26. The van der Waals surface area contributed by atoms with Crippen molar-refractivity contribution in [3.05, 3.63) is 93.9 Å². The van der Waals surface area contributed by atoms with Crippen molar-refractivity contribution in [3.63, 3.8) is 0 Å². The average Bonchev–Trinajstić information content (AvgIpc) is 2.79. The number of rotatable bonds is 6. The molecule has 0 radical (unpaired) electrons. The molecule has 0 aliphatic heterocycles. The molecule has 1 heterocycles. The molecule has 0 aliphatic rings. The number of esters is 1. The second-order valence-corrected chi connectivity index (χ2v) is 8.78. The van der Waals surface area contributed by atoms with Crippen LogP contribution in [0, 0.1) is 0 Å². The molecule has 0 aliphatic carbocycles. The molecule has 33 heavy (non-hydrogen) atoms. The van der Waals surface area contributed by atoms with E-state index < -0.39 is 33.1 Å². The van der Waals surface area contributed by atoms with Gasteiger partial charge in [0.05, 0.1) is 23.4 Å². The van der Waals surface area contributed by atoms with E-state index in [1.54, 1.807) is 43.3 Å². The zero-order chi connectivity index (χ0) is 23.6. The summed E-state index contributed by atoms with van der Waals surface area (Å²) in [5.74, 6) is -1.50. The number of carbonyl (C=O) groups is 1. The van der Waals surface area contributed by atoms with Crippen molar-refractivity contribution in [1.82, 2.24) is 9.78 Å². The quantitative estimate of drug-likeness (QED) is 0.301. The van der Waals surface area contributed by atoms with Crippen molar-refractivity contribution in [2.45, 2.75) is 11.8 Å². The number of fused-ring (bicyclic) bond motifs is 1. The van der Waals surface area contributed by atoms with Gasteiger partial charge in [0, 0.05) is 0 Å². The Morgan fingerprint density at radius 2 is 1.70 bits per heavy atom. The van der Waals surface area contributed by atoms with Gasteiger partial charge in [0.1, 0.15) is 4.90 Å². The van der Waals surface area contributed by atoms with Gasteiger partial charge in [0.25, 0.3) is 5.56 Å². The van der Waals surface area contributed by atoms with Crippen LogP contribution in [0.4, 0.5) is 0 Å². The summed E-state index contributed by atoms with van der Waals surface area (Å²) >= 11 is 6.15. The maximum atomic E-state index is 13.0. The Labute approximate surface area is 194 Å². The summed E-state index contributed by atoms with van der Waals surface area (Å²) in [5.41, 5.74) is -1.03. The minimum Gasteiger partial charge on any atom is -0.461 e. The van der Waals surface area contributed by atoms with Gasteiger partial charge in [-0.05, 0) is 42.0 Å². The van der Waals surface area contributed by atoms with Gasteiger partial charge < -0.3 is 8.92 Å². The smallest absolute Gasteiger partial charge is 0.362 e. The average molecular weight is 485 g/mol. The van der Waals surface area contributed by atoms with Crippen molar-refractivity contribution in [2.24, 2.45) is 0 Å². The van der Waals surface area contributed by atoms with Crippen molar-refractivity contribution in [2.75, 3.05) is 6.61 Å². The van der Waals surface area contributed by atoms with Crippen LogP contribution >= 0.6 is 11.6 Å². The second kappa shape index (κ2) is 9.05. The lowest BCUT2D eigenvalue weighted by atomic mass is 10.1. The first-order chi connectivity index (χ1) is 15.8. The van der Waals surface area contributed by atoms with Gasteiger partial charge in [-0.15, -0.1) is 0 Å². The van der Waals surface area contributed by atoms with Gasteiger partial charge in [-0.3, -0.25) is 4.79 Å². The topological polar surface area (TPSA) is 105 Å². The molecule has 3 aromatic carbocycles. The van der Waals surface area contributed by atoms with Gasteiger partial charge in [-0.2, -0.15) is 18.2 Å². The highest BCUT2D eigenvalue weighted by Crippen LogP contribution is 2.25. The number of benzene rings is 3. The number of ether oxygens (including phenoxy) is 1. The van der Waals surface area contributed by atoms with Crippen molar-refractivity contribution >= 4 is 38.5 Å². The molecule has 0 bridgehead atoms. The maximum Gasteiger partial charge on any atom is 0.362 e. The molecule has 4 rings (SSSR count). The Morgan fingerprint density at radius 1 is 1.00 bits per heavy atom. The van der Waals surface area contributed by atoms with Crippen LogP contribution in [-0.4, -0.2) is 30.8 Å². The fourth-order valence-electron chi connectivity index (χ4n) is 3.13. The first kappa shape index (κ1) is 22.5. The summed E-state index contributed by atoms with van der Waals surface area (Å²) in [6.45, 7) is 1.58. The van der Waals surface area contributed by atoms with Gasteiger partial charge in [-0.1, -0.05) is 54.1 Å². The number of hydrogen-bond donors (Lipinski definition) is 0. The summed E-state index contributed by atoms with van der Waals surface area (Å²) in [5, 5.41) is 5.73. The van der Waals surface area contributed by atoms with E-state index in [9.17, 15) is 18.0 Å². The lowest BCUT2D eigenvalue weighted by molar-refractivity contribution is 0.0515. The highest BCUT2D eigenvalue weighted by Gasteiger charge is 2.26. The summed E-state index contributed by atoms with van der Waals surface area (Å²) in [4.78, 5) is 25.1. The minimum absolute atomic E-state index is 0.00258. The Hall–Kier alpha value is -3.69. The number of aromatic nitrogens is 2. The third-order valence-electron chi connectivity index (χ3n) is 4.66. The van der Waals surface area contributed by atoms with Crippen LogP contribution in [0.2, 0.25) is 5.02 Å². The molecule has 10 heteroatoms. The molecule has 0 unspecified atom stereocenters. The fourth-order valence-corrected chi connectivity index (χ4v) is 4.31. The third kappa shape index (κ3) is 4.59. The predicted octanol–water partition coefficient (Wildman–Crippen LogP) is 3.98. The van der Waals surface area contributed by atoms with Gasteiger partial charge in [-0.25, -0.2) is 4.79 Å². The molecule has 0 fully saturated rings. The van der Waals surface area contributed by atoms with Crippen LogP contribution in [-0.2, 0) is 14.9 Å². The van der Waals surface area contributed by atoms with Crippen LogP contribution in [0.5, 0.6) is 5.75 Å². The normalized spacial score (nSPS) is 11.3. The van der Waals surface area contributed by atoms with Gasteiger partial charge >= 0.3 is 16.1 Å². The summed E-state index contributed by atoms with van der Waals surface area (Å²) in [7, 11) is -4.40. The van der Waals surface area contributed by atoms with E-state index in [1.807, 2.05) is 12.1 Å². The van der Waals surface area contributed by atoms with E-state index in [-0.39, 0.29) is 22.2 Å². The summed E-state index contributed by atoms with van der Waals surface area (Å²) in [6, 6.07) is 18.9. The number of carbonyl (C=O) groups excluding carboxylic acids is 1. The molecule has 0 saturated carbocycles. The maximum absolute atomic E-state index is 13.0. The first-order valence-electron chi connectivity index (χ1n) is 9.80. The molecule has 4 aromatic rings. The lowest BCUT2D eigenvalue weighted by Gasteiger charge is -2.13. The number of nitrogens with zero attached hydrogens (tertiary/aromatic N) is 2. The highest BCUT2D eigenvalue weighted by atomic mass is 35.5. The molecular formula is C23H17ClN2O6S. The molecule has 8 nitrogen and oxygen atoms in total. The number of halogens is 1. The number of hydrogen-bond acceptors (Lipinski definition) is 7. The van der Waals surface area contributed by atoms with Crippen molar-refractivity contribution in [1.29, 1.82) is 0 Å². The number of para-hydroxylation sites is 1. The van der Waals surface area contributed by atoms with Crippen LogP contribution < -0.4 is 9.74 Å². The predicted molar refractivity (Wildman–Crippen MR) is 123 cm³/mol. The molecule has 168 valence electrons. The summed E-state index contributed by atoms with van der Waals surface area (Å²) < 4.78 is 37.0. The molecule has 0 atom stereocenters. The highest BCUT2D eigenvalue weighted by molar-refractivity contribution is 7.87. The standard InChI is InChI=1S/C23H17ClN2O6S/c1-2-31-23(28)22-20(14-21(27)26(25-22)19-10-6-5-9-18(19)24)32-33(29,30)17-12-11-15-7-3-4-8-16(15)13-17/h3-14H,2H2,1H3. The third-order valence-corrected chi connectivity index (χ3v) is 6.21. The molecule has 0 saturated heterocycles. The van der Waals surface area contributed by atoms with Crippen molar-refractivity contribution < 1.29 is 22.1 Å². The Morgan fingerprint density at radius 3 is 2.42 bits per heavy atom. The van der Waals surface area contributed by atoms with Crippen LogP contribution in [0.1, 0.15) is 17.4 Å². The Kier molecular flexibility index (Phi) is 6.17. The van der Waals surface area contributed by atoms with Gasteiger partial charge in [0.2, 0.25) is 5.69 Å². The molecule has 0 amide bonds. The molecule has 0 spiro atoms. The fraction of sp³-hybridized carbons (Fsp3) is 0.0870. The van der Waals surface area contributed by atoms with E-state index >= 15 is 0 Å². The molecule has 0 N–H and O–H groups in total. The van der Waals surface area contributed by atoms with E-state index in [2.05, 4.69) is 5.10 Å².